The van der Waals surface area contributed by atoms with Gasteiger partial charge in [0.25, 0.3) is 0 Å². The molecule has 1 atom stereocenters. The average Bonchev–Trinajstić information content (AvgIpc) is 2.34. The molecule has 0 amide bonds. The zero-order valence-corrected chi connectivity index (χ0v) is 14.6. The first-order chi connectivity index (χ1) is 8.97. The molecule has 2 aromatic carbocycles. The van der Waals surface area contributed by atoms with Gasteiger partial charge in [0.2, 0.25) is 0 Å². The van der Waals surface area contributed by atoms with Crippen LogP contribution in [0.5, 0.6) is 0 Å². The number of aryl methyl sites for hydroxylation is 1. The molecule has 100 valence electrons. The van der Waals surface area contributed by atoms with Crippen LogP contribution in [0.2, 0.25) is 5.02 Å². The first-order valence-electron chi connectivity index (χ1n) is 5.95. The van der Waals surface area contributed by atoms with E-state index < -0.39 is 0 Å². The number of benzene rings is 2. The van der Waals surface area contributed by atoms with Gasteiger partial charge in [-0.2, -0.15) is 0 Å². The van der Waals surface area contributed by atoms with Crippen LogP contribution in [0.15, 0.2) is 45.3 Å². The van der Waals surface area contributed by atoms with Crippen LogP contribution < -0.4 is 5.32 Å². The molecule has 2 rings (SSSR count). The van der Waals surface area contributed by atoms with E-state index in [9.17, 15) is 0 Å². The standard InChI is InChI=1S/C15H14Br2ClN/c1-9-7-13(16)15(14(17)8-9)19-10(2)11-3-5-12(18)6-4-11/h3-8,10,19H,1-2H3. The Morgan fingerprint density at radius 3 is 2.11 bits per heavy atom. The lowest BCUT2D eigenvalue weighted by molar-refractivity contribution is 0.882. The lowest BCUT2D eigenvalue weighted by Crippen LogP contribution is -2.07. The van der Waals surface area contributed by atoms with E-state index in [1.165, 1.54) is 11.1 Å². The summed E-state index contributed by atoms with van der Waals surface area (Å²) in [4.78, 5) is 0. The molecule has 0 aliphatic carbocycles. The van der Waals surface area contributed by atoms with Crippen LogP contribution in [-0.4, -0.2) is 0 Å². The number of halogens is 3. The molecule has 19 heavy (non-hydrogen) atoms. The van der Waals surface area contributed by atoms with Crippen molar-refractivity contribution in [3.63, 3.8) is 0 Å². The minimum Gasteiger partial charge on any atom is -0.377 e. The van der Waals surface area contributed by atoms with Gasteiger partial charge < -0.3 is 5.32 Å². The molecule has 0 bridgehead atoms. The number of hydrogen-bond donors (Lipinski definition) is 1. The smallest absolute Gasteiger partial charge is 0.0633 e. The maximum Gasteiger partial charge on any atom is 0.0633 e. The van der Waals surface area contributed by atoms with Gasteiger partial charge in [0.1, 0.15) is 0 Å². The van der Waals surface area contributed by atoms with Crippen molar-refractivity contribution in [3.05, 3.63) is 61.5 Å². The minimum atomic E-state index is 0.201. The van der Waals surface area contributed by atoms with Crippen LogP contribution in [0.4, 0.5) is 5.69 Å². The van der Waals surface area contributed by atoms with E-state index >= 15 is 0 Å². The summed E-state index contributed by atoms with van der Waals surface area (Å²) in [6.07, 6.45) is 0. The summed E-state index contributed by atoms with van der Waals surface area (Å²) < 4.78 is 2.11. The highest BCUT2D eigenvalue weighted by Crippen LogP contribution is 2.34. The predicted molar refractivity (Wildman–Crippen MR) is 90.1 cm³/mol. The van der Waals surface area contributed by atoms with E-state index in [0.29, 0.717) is 0 Å². The molecular formula is C15H14Br2ClN. The second kappa shape index (κ2) is 6.29. The molecule has 0 radical (unpaired) electrons. The van der Waals surface area contributed by atoms with E-state index in [0.717, 1.165) is 19.7 Å². The highest BCUT2D eigenvalue weighted by molar-refractivity contribution is 9.11. The number of hydrogen-bond acceptors (Lipinski definition) is 1. The molecule has 0 aliphatic rings. The minimum absolute atomic E-state index is 0.201. The van der Waals surface area contributed by atoms with Gasteiger partial charge in [0.05, 0.1) is 5.69 Å². The van der Waals surface area contributed by atoms with Gasteiger partial charge in [-0.05, 0) is 81.1 Å². The number of anilines is 1. The largest absolute Gasteiger partial charge is 0.377 e. The Kier molecular flexibility index (Phi) is 4.93. The van der Waals surface area contributed by atoms with Crippen molar-refractivity contribution in [3.8, 4) is 0 Å². The fourth-order valence-electron chi connectivity index (χ4n) is 1.89. The van der Waals surface area contributed by atoms with Crippen molar-refractivity contribution in [1.29, 1.82) is 0 Å². The molecule has 1 nitrogen and oxygen atoms in total. The van der Waals surface area contributed by atoms with Crippen LogP contribution in [0, 0.1) is 6.92 Å². The Morgan fingerprint density at radius 2 is 1.58 bits per heavy atom. The highest BCUT2D eigenvalue weighted by Gasteiger charge is 2.11. The maximum atomic E-state index is 5.91. The van der Waals surface area contributed by atoms with Crippen LogP contribution in [-0.2, 0) is 0 Å². The summed E-state index contributed by atoms with van der Waals surface area (Å²) in [6, 6.07) is 12.3. The monoisotopic (exact) mass is 401 g/mol. The van der Waals surface area contributed by atoms with Crippen LogP contribution in [0.3, 0.4) is 0 Å². The average molecular weight is 404 g/mol. The van der Waals surface area contributed by atoms with Crippen LogP contribution in [0.25, 0.3) is 0 Å². The zero-order chi connectivity index (χ0) is 14.0. The van der Waals surface area contributed by atoms with Crippen molar-refractivity contribution < 1.29 is 0 Å². The molecule has 0 heterocycles. The number of rotatable bonds is 3. The van der Waals surface area contributed by atoms with Gasteiger partial charge in [-0.1, -0.05) is 23.7 Å². The summed E-state index contributed by atoms with van der Waals surface area (Å²) in [6.45, 7) is 4.20. The number of nitrogens with one attached hydrogen (secondary N) is 1. The van der Waals surface area contributed by atoms with Gasteiger partial charge in [-0.25, -0.2) is 0 Å². The second-order valence-electron chi connectivity index (χ2n) is 4.52. The molecule has 0 aromatic heterocycles. The Hall–Kier alpha value is -0.510. The van der Waals surface area contributed by atoms with Gasteiger partial charge in [-0.15, -0.1) is 0 Å². The van der Waals surface area contributed by atoms with Crippen molar-refractivity contribution in [1.82, 2.24) is 0 Å². The maximum absolute atomic E-state index is 5.91. The van der Waals surface area contributed by atoms with Crippen LogP contribution >= 0.6 is 43.5 Å². The lowest BCUT2D eigenvalue weighted by Gasteiger charge is -2.18. The molecule has 1 N–H and O–H groups in total. The van der Waals surface area contributed by atoms with Gasteiger partial charge in [0.15, 0.2) is 0 Å². The molecule has 0 saturated heterocycles. The summed E-state index contributed by atoms with van der Waals surface area (Å²) in [5.74, 6) is 0. The van der Waals surface area contributed by atoms with E-state index in [2.05, 4.69) is 63.2 Å². The fourth-order valence-corrected chi connectivity index (χ4v) is 3.66. The molecule has 0 fully saturated rings. The molecular weight excluding hydrogens is 389 g/mol. The third-order valence-corrected chi connectivity index (χ3v) is 4.42. The summed E-state index contributed by atoms with van der Waals surface area (Å²) in [7, 11) is 0. The van der Waals surface area contributed by atoms with Crippen molar-refractivity contribution in [2.24, 2.45) is 0 Å². The fraction of sp³-hybridized carbons (Fsp3) is 0.200. The van der Waals surface area contributed by atoms with Crippen molar-refractivity contribution >= 4 is 49.1 Å². The Bertz CT molecular complexity index is 558. The van der Waals surface area contributed by atoms with E-state index in [1.54, 1.807) is 0 Å². The van der Waals surface area contributed by atoms with E-state index in [1.807, 2.05) is 24.3 Å². The molecule has 0 spiro atoms. The normalized spacial score (nSPS) is 12.3. The topological polar surface area (TPSA) is 12.0 Å². The predicted octanol–water partition coefficient (Wildman–Crippen LogP) is 6.35. The van der Waals surface area contributed by atoms with Gasteiger partial charge in [0, 0.05) is 20.0 Å². The van der Waals surface area contributed by atoms with Crippen molar-refractivity contribution in [2.75, 3.05) is 5.32 Å². The highest BCUT2D eigenvalue weighted by atomic mass is 79.9. The van der Waals surface area contributed by atoms with E-state index in [4.69, 9.17) is 11.6 Å². The van der Waals surface area contributed by atoms with Gasteiger partial charge >= 0.3 is 0 Å². The molecule has 4 heteroatoms. The van der Waals surface area contributed by atoms with Gasteiger partial charge in [-0.3, -0.25) is 0 Å². The lowest BCUT2D eigenvalue weighted by atomic mass is 10.1. The third-order valence-electron chi connectivity index (χ3n) is 2.92. The molecule has 2 aromatic rings. The van der Waals surface area contributed by atoms with Crippen molar-refractivity contribution in [2.45, 2.75) is 19.9 Å². The third kappa shape index (κ3) is 3.74. The van der Waals surface area contributed by atoms with Crippen LogP contribution in [0.1, 0.15) is 24.1 Å². The van der Waals surface area contributed by atoms with E-state index in [-0.39, 0.29) is 6.04 Å². The quantitative estimate of drug-likeness (QED) is 0.630. The summed E-state index contributed by atoms with van der Waals surface area (Å²) in [5.41, 5.74) is 3.47. The Labute approximate surface area is 135 Å². The zero-order valence-electron chi connectivity index (χ0n) is 10.7. The molecule has 1 unspecified atom stereocenters. The Morgan fingerprint density at radius 1 is 1.05 bits per heavy atom. The SMILES string of the molecule is Cc1cc(Br)c(NC(C)c2ccc(Cl)cc2)c(Br)c1. The molecule has 0 saturated carbocycles. The second-order valence-corrected chi connectivity index (χ2v) is 6.67. The first-order valence-corrected chi connectivity index (χ1v) is 7.91. The Balaban J connectivity index is 2.24. The molecule has 0 aliphatic heterocycles. The first kappa shape index (κ1) is 14.9. The summed E-state index contributed by atoms with van der Waals surface area (Å²) >= 11 is 13.1. The summed E-state index contributed by atoms with van der Waals surface area (Å²) in [5, 5.41) is 4.26.